The highest BCUT2D eigenvalue weighted by molar-refractivity contribution is 9.10. The molecule has 3 N–H and O–H groups in total. The first kappa shape index (κ1) is 10.6. The van der Waals surface area contributed by atoms with E-state index in [0.717, 1.165) is 11.3 Å². The van der Waals surface area contributed by atoms with Gasteiger partial charge in [0.1, 0.15) is 11.9 Å². The van der Waals surface area contributed by atoms with E-state index in [1.54, 1.807) is 12.1 Å². The van der Waals surface area contributed by atoms with Gasteiger partial charge in [-0.05, 0) is 34.1 Å². The summed E-state index contributed by atoms with van der Waals surface area (Å²) in [4.78, 5) is 5.14. The molecular weight excluding hydrogens is 263 g/mol. The fourth-order valence-corrected chi connectivity index (χ4v) is 1.57. The van der Waals surface area contributed by atoms with Crippen molar-refractivity contribution in [3.8, 4) is 0 Å². The SMILES string of the molecule is NCC1C=C(c2ccc(Br)c(F)c2)NO1. The van der Waals surface area contributed by atoms with Crippen LogP contribution in [0.25, 0.3) is 5.70 Å². The van der Waals surface area contributed by atoms with Crippen LogP contribution in [0, 0.1) is 5.82 Å². The average Bonchev–Trinajstić information content (AvgIpc) is 2.70. The highest BCUT2D eigenvalue weighted by Crippen LogP contribution is 2.22. The minimum absolute atomic E-state index is 0.147. The van der Waals surface area contributed by atoms with Crippen molar-refractivity contribution in [3.63, 3.8) is 0 Å². The summed E-state index contributed by atoms with van der Waals surface area (Å²) in [5.41, 5.74) is 9.65. The lowest BCUT2D eigenvalue weighted by Crippen LogP contribution is -2.21. The Morgan fingerprint density at radius 2 is 2.33 bits per heavy atom. The number of hydrogen-bond acceptors (Lipinski definition) is 3. The Hall–Kier alpha value is -0.910. The van der Waals surface area contributed by atoms with Gasteiger partial charge in [-0.15, -0.1) is 0 Å². The smallest absolute Gasteiger partial charge is 0.138 e. The number of nitrogens with one attached hydrogen (secondary N) is 1. The van der Waals surface area contributed by atoms with Crippen LogP contribution in [0.4, 0.5) is 4.39 Å². The highest BCUT2D eigenvalue weighted by atomic mass is 79.9. The summed E-state index contributed by atoms with van der Waals surface area (Å²) in [5.74, 6) is -0.300. The van der Waals surface area contributed by atoms with Crippen LogP contribution in [0.1, 0.15) is 5.56 Å². The molecule has 1 aliphatic heterocycles. The summed E-state index contributed by atoms with van der Waals surface area (Å²) < 4.78 is 13.7. The van der Waals surface area contributed by atoms with E-state index in [2.05, 4.69) is 21.4 Å². The average molecular weight is 273 g/mol. The standard InChI is InChI=1S/C10H10BrFN2O/c11-8-2-1-6(3-9(8)12)10-4-7(5-13)15-14-10/h1-4,7,14H,5,13H2. The summed E-state index contributed by atoms with van der Waals surface area (Å²) in [7, 11) is 0. The maximum atomic E-state index is 13.2. The quantitative estimate of drug-likeness (QED) is 0.863. The van der Waals surface area contributed by atoms with E-state index in [0.29, 0.717) is 11.0 Å². The summed E-state index contributed by atoms with van der Waals surface area (Å²) in [5, 5.41) is 0. The third-order valence-electron chi connectivity index (χ3n) is 2.14. The largest absolute Gasteiger partial charge is 0.328 e. The molecule has 3 nitrogen and oxygen atoms in total. The number of rotatable bonds is 2. The third-order valence-corrected chi connectivity index (χ3v) is 2.78. The minimum atomic E-state index is -0.300. The molecule has 2 rings (SSSR count). The van der Waals surface area contributed by atoms with Crippen molar-refractivity contribution >= 4 is 21.6 Å². The van der Waals surface area contributed by atoms with Gasteiger partial charge in [-0.3, -0.25) is 10.3 Å². The van der Waals surface area contributed by atoms with Crippen LogP contribution in [0.2, 0.25) is 0 Å². The molecule has 0 bridgehead atoms. The monoisotopic (exact) mass is 272 g/mol. The highest BCUT2D eigenvalue weighted by Gasteiger charge is 2.16. The molecule has 0 spiro atoms. The van der Waals surface area contributed by atoms with E-state index in [4.69, 9.17) is 10.6 Å². The number of hydrogen-bond donors (Lipinski definition) is 2. The molecule has 1 unspecified atom stereocenters. The molecule has 0 saturated heterocycles. The van der Waals surface area contributed by atoms with Crippen molar-refractivity contribution in [2.24, 2.45) is 5.73 Å². The zero-order chi connectivity index (χ0) is 10.8. The van der Waals surface area contributed by atoms with Crippen molar-refractivity contribution in [2.75, 3.05) is 6.54 Å². The second kappa shape index (κ2) is 4.30. The maximum Gasteiger partial charge on any atom is 0.138 e. The van der Waals surface area contributed by atoms with Crippen molar-refractivity contribution in [1.82, 2.24) is 5.48 Å². The zero-order valence-corrected chi connectivity index (χ0v) is 9.42. The summed E-state index contributed by atoms with van der Waals surface area (Å²) in [6, 6.07) is 4.89. The fraction of sp³-hybridized carbons (Fsp3) is 0.200. The Kier molecular flexibility index (Phi) is 3.04. The molecular formula is C10H10BrFN2O. The van der Waals surface area contributed by atoms with E-state index >= 15 is 0 Å². The topological polar surface area (TPSA) is 47.3 Å². The molecule has 0 fully saturated rings. The first-order valence-corrected chi connectivity index (χ1v) is 5.29. The van der Waals surface area contributed by atoms with Gasteiger partial charge < -0.3 is 5.73 Å². The van der Waals surface area contributed by atoms with Crippen LogP contribution in [0.5, 0.6) is 0 Å². The molecule has 1 aliphatic rings. The van der Waals surface area contributed by atoms with Gasteiger partial charge in [-0.2, -0.15) is 0 Å². The van der Waals surface area contributed by atoms with Crippen molar-refractivity contribution in [2.45, 2.75) is 6.10 Å². The lowest BCUT2D eigenvalue weighted by atomic mass is 10.1. The minimum Gasteiger partial charge on any atom is -0.328 e. The molecule has 0 radical (unpaired) electrons. The van der Waals surface area contributed by atoms with Crippen LogP contribution in [0.15, 0.2) is 28.7 Å². The van der Waals surface area contributed by atoms with Crippen LogP contribution < -0.4 is 11.2 Å². The van der Waals surface area contributed by atoms with Crippen LogP contribution in [0.3, 0.4) is 0 Å². The van der Waals surface area contributed by atoms with Crippen molar-refractivity contribution in [3.05, 3.63) is 40.1 Å². The van der Waals surface area contributed by atoms with E-state index in [-0.39, 0.29) is 11.9 Å². The molecule has 1 heterocycles. The molecule has 0 aromatic heterocycles. The zero-order valence-electron chi connectivity index (χ0n) is 7.84. The fourth-order valence-electron chi connectivity index (χ4n) is 1.33. The molecule has 1 atom stereocenters. The predicted molar refractivity (Wildman–Crippen MR) is 59.1 cm³/mol. The number of hydroxylamine groups is 1. The van der Waals surface area contributed by atoms with Gasteiger partial charge in [-0.25, -0.2) is 4.39 Å². The Morgan fingerprint density at radius 3 is 2.93 bits per heavy atom. The second-order valence-corrected chi connectivity index (χ2v) is 4.06. The lowest BCUT2D eigenvalue weighted by Gasteiger charge is -2.04. The number of nitrogens with two attached hydrogens (primary N) is 1. The first-order chi connectivity index (χ1) is 7.20. The Bertz CT molecular complexity index is 408. The molecule has 15 heavy (non-hydrogen) atoms. The number of benzene rings is 1. The second-order valence-electron chi connectivity index (χ2n) is 3.20. The van der Waals surface area contributed by atoms with Gasteiger partial charge in [0.05, 0.1) is 10.2 Å². The van der Waals surface area contributed by atoms with Gasteiger partial charge in [0.25, 0.3) is 0 Å². The molecule has 0 saturated carbocycles. The van der Waals surface area contributed by atoms with Gasteiger partial charge in [0.15, 0.2) is 0 Å². The molecule has 1 aromatic carbocycles. The van der Waals surface area contributed by atoms with E-state index in [1.807, 2.05) is 6.08 Å². The Balaban J connectivity index is 2.27. The van der Waals surface area contributed by atoms with E-state index in [1.165, 1.54) is 6.07 Å². The van der Waals surface area contributed by atoms with Crippen molar-refractivity contribution < 1.29 is 9.23 Å². The first-order valence-electron chi connectivity index (χ1n) is 4.49. The molecule has 80 valence electrons. The van der Waals surface area contributed by atoms with Gasteiger partial charge >= 0.3 is 0 Å². The summed E-state index contributed by atoms with van der Waals surface area (Å²) in [6.07, 6.45) is 1.69. The maximum absolute atomic E-state index is 13.2. The molecule has 1 aromatic rings. The molecule has 0 aliphatic carbocycles. The normalized spacial score (nSPS) is 19.9. The third kappa shape index (κ3) is 2.19. The Labute approximate surface area is 95.2 Å². The van der Waals surface area contributed by atoms with E-state index in [9.17, 15) is 4.39 Å². The van der Waals surface area contributed by atoms with Crippen LogP contribution in [-0.4, -0.2) is 12.6 Å². The predicted octanol–water partition coefficient (Wildman–Crippen LogP) is 1.79. The number of halogens is 2. The van der Waals surface area contributed by atoms with Gasteiger partial charge in [0.2, 0.25) is 0 Å². The van der Waals surface area contributed by atoms with E-state index < -0.39 is 0 Å². The van der Waals surface area contributed by atoms with Crippen LogP contribution >= 0.6 is 15.9 Å². The summed E-state index contributed by atoms with van der Waals surface area (Å²) in [6.45, 7) is 0.398. The molecule has 0 amide bonds. The summed E-state index contributed by atoms with van der Waals surface area (Å²) >= 11 is 3.10. The van der Waals surface area contributed by atoms with Crippen molar-refractivity contribution in [1.29, 1.82) is 0 Å². The van der Waals surface area contributed by atoms with Crippen LogP contribution in [-0.2, 0) is 4.84 Å². The molecule has 5 heteroatoms. The van der Waals surface area contributed by atoms with Gasteiger partial charge in [-0.1, -0.05) is 6.07 Å². The Morgan fingerprint density at radius 1 is 1.53 bits per heavy atom. The lowest BCUT2D eigenvalue weighted by molar-refractivity contribution is 0.0567. The van der Waals surface area contributed by atoms with Gasteiger partial charge in [0, 0.05) is 12.1 Å².